The summed E-state index contributed by atoms with van der Waals surface area (Å²) in [5.41, 5.74) is 37.9. The number of fused-ring (bicyclic) bond motifs is 8. The second kappa shape index (κ2) is 32.9. The van der Waals surface area contributed by atoms with Crippen molar-refractivity contribution in [1.29, 1.82) is 0 Å². The summed E-state index contributed by atoms with van der Waals surface area (Å²) in [6.45, 7) is 6.77. The van der Waals surface area contributed by atoms with E-state index in [1.165, 1.54) is 253 Å². The summed E-state index contributed by atoms with van der Waals surface area (Å²) in [6.07, 6.45) is 25.0. The van der Waals surface area contributed by atoms with Gasteiger partial charge in [0.05, 0.1) is 11.0 Å². The van der Waals surface area contributed by atoms with Gasteiger partial charge in [0.2, 0.25) is 0 Å². The van der Waals surface area contributed by atoms with Crippen molar-refractivity contribution in [1.82, 2.24) is 4.57 Å². The highest BCUT2D eigenvalue weighted by atomic mass is 15.2. The molecule has 0 saturated carbocycles. The van der Waals surface area contributed by atoms with Crippen molar-refractivity contribution >= 4 is 73.0 Å². The third kappa shape index (κ3) is 15.2. The first-order chi connectivity index (χ1) is 55.7. The molecule has 15 aromatic rings. The van der Waals surface area contributed by atoms with Crippen LogP contribution in [-0.4, -0.2) is 4.57 Å². The molecular weight excluding hydrogens is 1370 g/mol. The zero-order valence-corrected chi connectivity index (χ0v) is 66.2. The van der Waals surface area contributed by atoms with Crippen molar-refractivity contribution in [3.8, 4) is 39.1 Å². The lowest BCUT2D eigenvalue weighted by atomic mass is 9.70. The highest BCUT2D eigenvalue weighted by molar-refractivity contribution is 6.10. The van der Waals surface area contributed by atoms with Gasteiger partial charge in [0.1, 0.15) is 0 Å². The lowest BCUT2D eigenvalue weighted by Crippen LogP contribution is -2.25. The van der Waals surface area contributed by atoms with E-state index in [4.69, 9.17) is 0 Å². The Bertz CT molecular complexity index is 5640. The Morgan fingerprint density at radius 1 is 0.274 bits per heavy atom. The van der Waals surface area contributed by atoms with Crippen LogP contribution in [0.4, 0.5) is 51.2 Å². The minimum atomic E-state index is -0.0923. The van der Waals surface area contributed by atoms with Gasteiger partial charge in [-0.1, -0.05) is 258 Å². The zero-order chi connectivity index (χ0) is 76.0. The molecule has 0 atom stereocenters. The summed E-state index contributed by atoms with van der Waals surface area (Å²) in [5.74, 6) is 0. The molecule has 113 heavy (non-hydrogen) atoms. The lowest BCUT2D eigenvalue weighted by molar-refractivity contribution is 0.399. The highest BCUT2D eigenvalue weighted by Gasteiger charge is 2.43. The van der Waals surface area contributed by atoms with Crippen LogP contribution >= 0.6 is 0 Å². The lowest BCUT2D eigenvalue weighted by Gasteiger charge is -2.33. The molecule has 4 heteroatoms. The molecule has 18 rings (SSSR count). The smallest absolute Gasteiger partial charge is 0.0547 e. The average molecular weight is 1470 g/mol. The van der Waals surface area contributed by atoms with Crippen LogP contribution in [0.3, 0.4) is 0 Å². The van der Waals surface area contributed by atoms with Gasteiger partial charge in [-0.3, -0.25) is 0 Å². The zero-order valence-electron chi connectivity index (χ0n) is 66.2. The summed E-state index contributed by atoms with van der Waals surface area (Å²) < 4.78 is 2.46. The molecule has 3 aliphatic rings. The molecule has 3 aliphatic carbocycles. The van der Waals surface area contributed by atoms with E-state index in [1.54, 1.807) is 5.56 Å². The quantitative estimate of drug-likeness (QED) is 0.0403. The largest absolute Gasteiger partial charge is 0.311 e. The van der Waals surface area contributed by atoms with E-state index >= 15 is 0 Å². The first-order valence-corrected chi connectivity index (χ1v) is 42.3. The number of anilines is 9. The molecule has 0 aliphatic heterocycles. The third-order valence-corrected chi connectivity index (χ3v) is 25.2. The van der Waals surface area contributed by atoms with E-state index in [9.17, 15) is 0 Å². The van der Waals surface area contributed by atoms with E-state index in [-0.39, 0.29) is 5.41 Å². The number of nitrogens with zero attached hydrogens (tertiary/aromatic N) is 4. The predicted molar refractivity (Wildman–Crippen MR) is 481 cm³/mol. The van der Waals surface area contributed by atoms with Gasteiger partial charge in [0.15, 0.2) is 0 Å². The van der Waals surface area contributed by atoms with Crippen LogP contribution in [0.15, 0.2) is 322 Å². The maximum atomic E-state index is 2.62. The van der Waals surface area contributed by atoms with Gasteiger partial charge in [0, 0.05) is 73.1 Å². The number of benzene rings is 14. The molecule has 1 heterocycles. The van der Waals surface area contributed by atoms with E-state index < -0.39 is 0 Å². The first-order valence-electron chi connectivity index (χ1n) is 42.3. The second-order valence-electron chi connectivity index (χ2n) is 32.6. The molecule has 0 bridgehead atoms. The molecule has 0 saturated heterocycles. The number of rotatable bonds is 31. The molecule has 0 spiro atoms. The van der Waals surface area contributed by atoms with Gasteiger partial charge in [-0.25, -0.2) is 0 Å². The minimum absolute atomic E-state index is 0.0923. The number of aromatic nitrogens is 1. The Labute approximate surface area is 670 Å². The summed E-state index contributed by atoms with van der Waals surface area (Å²) in [6, 6.07) is 123. The number of hydrogen-bond donors (Lipinski definition) is 0. The first kappa shape index (κ1) is 72.8. The fourth-order valence-electron chi connectivity index (χ4n) is 18.7. The van der Waals surface area contributed by atoms with Gasteiger partial charge in [-0.2, -0.15) is 0 Å². The summed E-state index contributed by atoms with van der Waals surface area (Å²) in [7, 11) is 0. The predicted octanol–water partition coefficient (Wildman–Crippen LogP) is 30.1. The Kier molecular flexibility index (Phi) is 21.2. The normalized spacial score (nSPS) is 12.9. The molecule has 0 N–H and O–H groups in total. The molecule has 0 radical (unpaired) electrons. The Morgan fingerprint density at radius 2 is 0.655 bits per heavy atom. The Hall–Kier alpha value is -11.7. The van der Waals surface area contributed by atoms with Gasteiger partial charge in [-0.05, 0) is 314 Å². The summed E-state index contributed by atoms with van der Waals surface area (Å²) in [4.78, 5) is 7.27. The minimum Gasteiger partial charge on any atom is -0.311 e. The van der Waals surface area contributed by atoms with Crippen molar-refractivity contribution in [2.45, 2.75) is 161 Å². The van der Waals surface area contributed by atoms with E-state index in [0.29, 0.717) is 0 Å². The van der Waals surface area contributed by atoms with Crippen LogP contribution in [0, 0.1) is 13.8 Å². The fraction of sp³-hybridized carbons (Fsp3) is 0.229. The van der Waals surface area contributed by atoms with Gasteiger partial charge in [0.25, 0.3) is 0 Å². The number of para-hydroxylation sites is 3. The number of aryl methyl sites for hydroxylation is 9. The average Bonchev–Trinajstić information content (AvgIpc) is 1.58. The van der Waals surface area contributed by atoms with Gasteiger partial charge < -0.3 is 19.3 Å². The highest BCUT2D eigenvalue weighted by Crippen LogP contribution is 2.56. The molecule has 0 unspecified atom stereocenters. The topological polar surface area (TPSA) is 14.7 Å². The maximum Gasteiger partial charge on any atom is 0.0547 e. The summed E-state index contributed by atoms with van der Waals surface area (Å²) in [5, 5.41) is 2.55. The Morgan fingerprint density at radius 3 is 1.16 bits per heavy atom. The van der Waals surface area contributed by atoms with Crippen LogP contribution in [0.2, 0.25) is 0 Å². The van der Waals surface area contributed by atoms with Crippen LogP contribution in [0.1, 0.15) is 158 Å². The molecule has 560 valence electrons. The molecule has 4 nitrogen and oxygen atoms in total. The van der Waals surface area contributed by atoms with Crippen LogP contribution in [0.25, 0.3) is 60.9 Å². The van der Waals surface area contributed by atoms with Crippen molar-refractivity contribution in [3.63, 3.8) is 0 Å². The fourth-order valence-corrected chi connectivity index (χ4v) is 18.7. The third-order valence-electron chi connectivity index (χ3n) is 25.2. The standard InChI is InChI=1S/C109H104N4/c1-4-5-6-13-24-80-40-60-98(61-41-80)113-107-32-21-20-31-103(107)104-70-53-90(77-108(104)113)86-48-64-97(65-49-86)110(93-54-33-78(2)34-55-93)96-62-46-85(47-63-96)89-52-69-102-101-68-35-79(3)73-105(101)109(106(102)76-89,71-22-9-7-14-25-81-36-56-94(57-37-81)111(91-27-16-11-17-28-91)99-66-50-83-42-44-87(83)74-99)72-23-10-8-15-26-82-38-58-95(59-39-82)112(92-29-18-12-19-30-92)100-67-51-84-43-45-88(84)75-100/h11-12,16-21,27-41,46-70,73-77H,4-10,13-15,22-26,42-45,71-72H2,1-3H3. The van der Waals surface area contributed by atoms with Gasteiger partial charge in [-0.15, -0.1) is 0 Å². The molecule has 1 aromatic heterocycles. The molecule has 0 amide bonds. The van der Waals surface area contributed by atoms with Crippen LogP contribution < -0.4 is 14.7 Å². The molecular formula is C109H104N4. The van der Waals surface area contributed by atoms with E-state index in [1.807, 2.05) is 0 Å². The second-order valence-corrected chi connectivity index (χ2v) is 32.6. The van der Waals surface area contributed by atoms with Crippen molar-refractivity contribution in [2.75, 3.05) is 14.7 Å². The van der Waals surface area contributed by atoms with Crippen molar-refractivity contribution in [3.05, 3.63) is 383 Å². The van der Waals surface area contributed by atoms with E-state index in [0.717, 1.165) is 49.2 Å². The van der Waals surface area contributed by atoms with Crippen LogP contribution in [0.5, 0.6) is 0 Å². The summed E-state index contributed by atoms with van der Waals surface area (Å²) >= 11 is 0. The van der Waals surface area contributed by atoms with E-state index in [2.05, 4.69) is 362 Å². The molecule has 14 aromatic carbocycles. The maximum absolute atomic E-state index is 2.62. The SMILES string of the molecule is CCCCCCc1ccc(-n2c3ccccc3c3ccc(-c4ccc(N(c5ccc(C)cc5)c5ccc(-c6ccc7c(c6)C(CCCCCCc6ccc(N(c8ccccc8)c8ccc9c(c8)CC9)cc6)(CCCCCCc6ccc(N(c8ccccc8)c8ccc9c(c8)CC9)cc6)c6cc(C)ccc6-7)cc5)cc4)cc32)cc1. The van der Waals surface area contributed by atoms with Crippen LogP contribution in [-0.2, 0) is 50.4 Å². The van der Waals surface area contributed by atoms with Gasteiger partial charge >= 0.3 is 0 Å². The monoisotopic (exact) mass is 1470 g/mol. The number of unbranched alkanes of at least 4 members (excludes halogenated alkanes) is 9. The van der Waals surface area contributed by atoms with Crippen molar-refractivity contribution < 1.29 is 0 Å². The Balaban J connectivity index is 0.599. The number of hydrogen-bond acceptors (Lipinski definition) is 3. The molecule has 0 fully saturated rings. The van der Waals surface area contributed by atoms with Crippen molar-refractivity contribution in [2.24, 2.45) is 0 Å².